The predicted octanol–water partition coefficient (Wildman–Crippen LogP) is 3.62. The van der Waals surface area contributed by atoms with Gasteiger partial charge in [0.15, 0.2) is 0 Å². The van der Waals surface area contributed by atoms with E-state index in [0.717, 1.165) is 36.1 Å². The van der Waals surface area contributed by atoms with Crippen LogP contribution in [0.4, 0.5) is 10.8 Å². The summed E-state index contributed by atoms with van der Waals surface area (Å²) in [5.74, 6) is -1.20. The van der Waals surface area contributed by atoms with E-state index in [4.69, 9.17) is 4.74 Å². The van der Waals surface area contributed by atoms with Gasteiger partial charge in [-0.15, -0.1) is 11.3 Å². The normalized spacial score (nSPS) is 13.1. The summed E-state index contributed by atoms with van der Waals surface area (Å²) in [5, 5.41) is 18.1. The van der Waals surface area contributed by atoms with Gasteiger partial charge in [-0.2, -0.15) is 4.68 Å². The number of nitrogens with zero attached hydrogens (tertiary/aromatic N) is 3. The Bertz CT molecular complexity index is 952. The van der Waals surface area contributed by atoms with Gasteiger partial charge in [-0.3, -0.25) is 4.79 Å². The first-order valence-electron chi connectivity index (χ1n) is 8.82. The smallest absolute Gasteiger partial charge is 0.404 e. The summed E-state index contributed by atoms with van der Waals surface area (Å²) < 4.78 is 6.67. The molecule has 0 aromatic carbocycles. The van der Waals surface area contributed by atoms with Crippen LogP contribution in [0.1, 0.15) is 46.3 Å². The maximum absolute atomic E-state index is 12.6. The average Bonchev–Trinajstić information content (AvgIpc) is 3.14. The third-order valence-electron chi connectivity index (χ3n) is 4.49. The minimum absolute atomic E-state index is 0.205. The Morgan fingerprint density at radius 2 is 2.11 bits per heavy atom. The minimum Gasteiger partial charge on any atom is -0.462 e. The quantitative estimate of drug-likeness (QED) is 0.391. The highest BCUT2D eigenvalue weighted by Gasteiger charge is 2.28. The number of anilines is 1. The van der Waals surface area contributed by atoms with Crippen LogP contribution in [-0.2, 0) is 28.9 Å². The number of hydrogen-bond donors (Lipinski definition) is 1. The van der Waals surface area contributed by atoms with Crippen LogP contribution in [0.2, 0.25) is 0 Å². The number of halogens is 1. The Morgan fingerprint density at radius 1 is 1.39 bits per heavy atom. The standard InChI is InChI=1S/C17H19BrN4O5S/c1-3-27-17(24)13-10-6-4-5-7-11(10)28-16(13)19-12(23)8-21-9(2)14(18)15(20-21)22(25)26/h3-8H2,1-2H3,(H,19,23). The number of carbonyl (C=O) groups is 2. The zero-order chi connectivity index (χ0) is 20.4. The molecule has 0 radical (unpaired) electrons. The SMILES string of the molecule is CCOC(=O)c1c(NC(=O)Cn2nc([N+](=O)[O-])c(Br)c2C)sc2c1CCCC2. The van der Waals surface area contributed by atoms with E-state index in [-0.39, 0.29) is 23.4 Å². The summed E-state index contributed by atoms with van der Waals surface area (Å²) in [7, 11) is 0. The van der Waals surface area contributed by atoms with Crippen molar-refractivity contribution >= 4 is 50.0 Å². The van der Waals surface area contributed by atoms with Crippen molar-refractivity contribution in [3.05, 3.63) is 36.3 Å². The first kappa shape index (κ1) is 20.5. The van der Waals surface area contributed by atoms with Crippen LogP contribution in [0.5, 0.6) is 0 Å². The van der Waals surface area contributed by atoms with Crippen molar-refractivity contribution < 1.29 is 19.2 Å². The molecular weight excluding hydrogens is 452 g/mol. The lowest BCUT2D eigenvalue weighted by molar-refractivity contribution is -0.390. The van der Waals surface area contributed by atoms with E-state index < -0.39 is 16.8 Å². The number of aromatic nitrogens is 2. The Labute approximate surface area is 173 Å². The number of carbonyl (C=O) groups excluding carboxylic acids is 2. The van der Waals surface area contributed by atoms with Crippen molar-refractivity contribution in [3.63, 3.8) is 0 Å². The molecule has 0 fully saturated rings. The zero-order valence-electron chi connectivity index (χ0n) is 15.4. The fourth-order valence-electron chi connectivity index (χ4n) is 3.15. The highest BCUT2D eigenvalue weighted by Crippen LogP contribution is 2.38. The van der Waals surface area contributed by atoms with E-state index in [1.54, 1.807) is 13.8 Å². The summed E-state index contributed by atoms with van der Waals surface area (Å²) in [6, 6.07) is 0. The molecule has 150 valence electrons. The number of esters is 1. The third kappa shape index (κ3) is 3.95. The van der Waals surface area contributed by atoms with Crippen molar-refractivity contribution in [2.75, 3.05) is 11.9 Å². The number of nitro groups is 1. The molecule has 11 heteroatoms. The second-order valence-electron chi connectivity index (χ2n) is 6.32. The van der Waals surface area contributed by atoms with E-state index in [1.165, 1.54) is 16.0 Å². The van der Waals surface area contributed by atoms with Crippen LogP contribution < -0.4 is 5.32 Å². The van der Waals surface area contributed by atoms with Crippen molar-refractivity contribution in [1.82, 2.24) is 9.78 Å². The molecule has 0 saturated heterocycles. The molecule has 1 amide bonds. The van der Waals surface area contributed by atoms with Gasteiger partial charge in [-0.05, 0) is 65.9 Å². The van der Waals surface area contributed by atoms with Crippen LogP contribution in [0.25, 0.3) is 0 Å². The molecule has 2 aromatic rings. The van der Waals surface area contributed by atoms with Crippen molar-refractivity contribution in [3.8, 4) is 0 Å². The summed E-state index contributed by atoms with van der Waals surface area (Å²) in [6.07, 6.45) is 3.70. The molecule has 0 unspecified atom stereocenters. The van der Waals surface area contributed by atoms with Crippen LogP contribution in [-0.4, -0.2) is 33.2 Å². The maximum atomic E-state index is 12.6. The topological polar surface area (TPSA) is 116 Å². The van der Waals surface area contributed by atoms with Gasteiger partial charge in [-0.1, -0.05) is 0 Å². The highest BCUT2D eigenvalue weighted by molar-refractivity contribution is 9.10. The van der Waals surface area contributed by atoms with Crippen LogP contribution in [0.3, 0.4) is 0 Å². The lowest BCUT2D eigenvalue weighted by Crippen LogP contribution is -2.21. The number of amides is 1. The van der Waals surface area contributed by atoms with E-state index >= 15 is 0 Å². The molecule has 1 aliphatic carbocycles. The number of hydrogen-bond acceptors (Lipinski definition) is 7. The Hall–Kier alpha value is -2.27. The second kappa shape index (κ2) is 8.39. The number of aryl methyl sites for hydroxylation is 1. The molecule has 1 N–H and O–H groups in total. The molecule has 0 saturated carbocycles. The minimum atomic E-state index is -0.613. The molecule has 28 heavy (non-hydrogen) atoms. The van der Waals surface area contributed by atoms with Gasteiger partial charge in [-0.25, -0.2) is 4.79 Å². The number of thiophene rings is 1. The number of nitrogens with one attached hydrogen (secondary N) is 1. The predicted molar refractivity (Wildman–Crippen MR) is 107 cm³/mol. The molecule has 1 aliphatic rings. The Balaban J connectivity index is 1.85. The molecule has 0 spiro atoms. The van der Waals surface area contributed by atoms with E-state index in [1.807, 2.05) is 0 Å². The van der Waals surface area contributed by atoms with Crippen molar-refractivity contribution in [2.45, 2.75) is 46.1 Å². The van der Waals surface area contributed by atoms with E-state index in [9.17, 15) is 19.7 Å². The Kier molecular flexibility index (Phi) is 6.14. The molecule has 0 aliphatic heterocycles. The fraction of sp³-hybridized carbons (Fsp3) is 0.471. The van der Waals surface area contributed by atoms with Crippen LogP contribution in [0, 0.1) is 17.0 Å². The monoisotopic (exact) mass is 470 g/mol. The first-order valence-corrected chi connectivity index (χ1v) is 10.4. The van der Waals surface area contributed by atoms with Gasteiger partial charge >= 0.3 is 11.8 Å². The second-order valence-corrected chi connectivity index (χ2v) is 8.22. The van der Waals surface area contributed by atoms with Crippen molar-refractivity contribution in [1.29, 1.82) is 0 Å². The van der Waals surface area contributed by atoms with Gasteiger partial charge in [0.25, 0.3) is 0 Å². The van der Waals surface area contributed by atoms with Gasteiger partial charge in [0.1, 0.15) is 16.0 Å². The zero-order valence-corrected chi connectivity index (χ0v) is 17.8. The number of fused-ring (bicyclic) bond motifs is 1. The summed E-state index contributed by atoms with van der Waals surface area (Å²) >= 11 is 4.52. The van der Waals surface area contributed by atoms with Gasteiger partial charge in [0.2, 0.25) is 5.91 Å². The molecule has 2 heterocycles. The largest absolute Gasteiger partial charge is 0.462 e. The average molecular weight is 471 g/mol. The van der Waals surface area contributed by atoms with Gasteiger partial charge in [0, 0.05) is 4.88 Å². The molecule has 9 nitrogen and oxygen atoms in total. The van der Waals surface area contributed by atoms with Gasteiger partial charge in [0.05, 0.1) is 23.0 Å². The highest BCUT2D eigenvalue weighted by atomic mass is 79.9. The molecule has 0 bridgehead atoms. The number of rotatable bonds is 6. The summed E-state index contributed by atoms with van der Waals surface area (Å²) in [4.78, 5) is 36.5. The van der Waals surface area contributed by atoms with Crippen LogP contribution in [0.15, 0.2) is 4.47 Å². The molecule has 3 rings (SSSR count). The number of ether oxygens (including phenoxy) is 1. The Morgan fingerprint density at radius 3 is 2.75 bits per heavy atom. The molecule has 0 atom stereocenters. The molecular formula is C17H19BrN4O5S. The lowest BCUT2D eigenvalue weighted by Gasteiger charge is -2.12. The van der Waals surface area contributed by atoms with Gasteiger partial charge < -0.3 is 20.2 Å². The third-order valence-corrected chi connectivity index (χ3v) is 6.62. The van der Waals surface area contributed by atoms with Crippen LogP contribution >= 0.6 is 27.3 Å². The fourth-order valence-corrected chi connectivity index (χ4v) is 4.88. The van der Waals surface area contributed by atoms with E-state index in [0.29, 0.717) is 16.3 Å². The lowest BCUT2D eigenvalue weighted by atomic mass is 9.95. The summed E-state index contributed by atoms with van der Waals surface area (Å²) in [6.45, 7) is 3.41. The first-order chi connectivity index (χ1) is 13.3. The summed E-state index contributed by atoms with van der Waals surface area (Å²) in [5.41, 5.74) is 1.86. The van der Waals surface area contributed by atoms with Crippen molar-refractivity contribution in [2.24, 2.45) is 0 Å². The maximum Gasteiger partial charge on any atom is 0.404 e. The molecule has 2 aromatic heterocycles. The van der Waals surface area contributed by atoms with E-state index in [2.05, 4.69) is 26.3 Å².